The van der Waals surface area contributed by atoms with Gasteiger partial charge in [-0.15, -0.1) is 0 Å². The van der Waals surface area contributed by atoms with Crippen LogP contribution in [-0.2, 0) is 6.54 Å². The highest BCUT2D eigenvalue weighted by atomic mass is 19.1. The van der Waals surface area contributed by atoms with Gasteiger partial charge < -0.3 is 10.1 Å². The van der Waals surface area contributed by atoms with Gasteiger partial charge in [0.05, 0.1) is 0 Å². The molecular weight excluding hydrogens is 260 g/mol. The Labute approximate surface area is 117 Å². The van der Waals surface area contributed by atoms with Crippen LogP contribution in [0.3, 0.4) is 0 Å². The van der Waals surface area contributed by atoms with Crippen LogP contribution in [-0.4, -0.2) is 6.54 Å². The number of aryl methyl sites for hydroxylation is 1. The summed E-state index contributed by atoms with van der Waals surface area (Å²) in [7, 11) is 0. The molecule has 0 unspecified atom stereocenters. The maximum absolute atomic E-state index is 13.6. The third-order valence-corrected chi connectivity index (χ3v) is 2.90. The summed E-state index contributed by atoms with van der Waals surface area (Å²) >= 11 is 0. The van der Waals surface area contributed by atoms with Gasteiger partial charge >= 0.3 is 0 Å². The van der Waals surface area contributed by atoms with E-state index < -0.39 is 11.6 Å². The van der Waals surface area contributed by atoms with Crippen molar-refractivity contribution < 1.29 is 13.5 Å². The lowest BCUT2D eigenvalue weighted by molar-refractivity contribution is 0.432. The molecule has 0 heterocycles. The van der Waals surface area contributed by atoms with Gasteiger partial charge in [0, 0.05) is 18.2 Å². The molecule has 2 nitrogen and oxygen atoms in total. The maximum Gasteiger partial charge on any atom is 0.168 e. The van der Waals surface area contributed by atoms with Crippen LogP contribution in [0.4, 0.5) is 8.78 Å². The summed E-state index contributed by atoms with van der Waals surface area (Å²) < 4.78 is 32.1. The Kier molecular flexibility index (Phi) is 4.69. The van der Waals surface area contributed by atoms with Gasteiger partial charge in [-0.2, -0.15) is 0 Å². The minimum atomic E-state index is -0.708. The first kappa shape index (κ1) is 14.5. The largest absolute Gasteiger partial charge is 0.454 e. The summed E-state index contributed by atoms with van der Waals surface area (Å²) in [6.45, 7) is 5.46. The average molecular weight is 277 g/mol. The monoisotopic (exact) mass is 277 g/mol. The summed E-state index contributed by atoms with van der Waals surface area (Å²) in [4.78, 5) is 0. The summed E-state index contributed by atoms with van der Waals surface area (Å²) in [6, 6.07) is 8.96. The molecule has 0 radical (unpaired) electrons. The van der Waals surface area contributed by atoms with Crippen molar-refractivity contribution in [1.29, 1.82) is 0 Å². The highest BCUT2D eigenvalue weighted by Crippen LogP contribution is 2.28. The van der Waals surface area contributed by atoms with Gasteiger partial charge in [-0.1, -0.05) is 24.6 Å². The minimum absolute atomic E-state index is 0.0213. The maximum atomic E-state index is 13.6. The van der Waals surface area contributed by atoms with Crippen LogP contribution >= 0.6 is 0 Å². The zero-order valence-electron chi connectivity index (χ0n) is 11.5. The SMILES string of the molecule is CCNCc1cc(C)ccc1Oc1ccc(F)cc1F. The fourth-order valence-corrected chi connectivity index (χ4v) is 1.88. The van der Waals surface area contributed by atoms with Gasteiger partial charge in [0.25, 0.3) is 0 Å². The molecule has 2 aromatic rings. The normalized spacial score (nSPS) is 10.6. The van der Waals surface area contributed by atoms with Gasteiger partial charge in [0.1, 0.15) is 11.6 Å². The summed E-state index contributed by atoms with van der Waals surface area (Å²) in [5.41, 5.74) is 2.04. The Balaban J connectivity index is 2.27. The van der Waals surface area contributed by atoms with E-state index in [2.05, 4.69) is 5.32 Å². The quantitative estimate of drug-likeness (QED) is 0.885. The van der Waals surface area contributed by atoms with E-state index in [9.17, 15) is 8.78 Å². The predicted octanol–water partition coefficient (Wildman–Crippen LogP) is 4.18. The van der Waals surface area contributed by atoms with E-state index in [-0.39, 0.29) is 5.75 Å². The van der Waals surface area contributed by atoms with Crippen LogP contribution < -0.4 is 10.1 Å². The molecule has 0 spiro atoms. The molecule has 2 aromatic carbocycles. The Morgan fingerprint density at radius 2 is 1.80 bits per heavy atom. The summed E-state index contributed by atoms with van der Waals surface area (Å²) in [5, 5.41) is 3.21. The molecule has 0 aromatic heterocycles. The number of benzene rings is 2. The van der Waals surface area contributed by atoms with Crippen molar-refractivity contribution in [2.45, 2.75) is 20.4 Å². The number of halogens is 2. The van der Waals surface area contributed by atoms with Crippen molar-refractivity contribution in [3.8, 4) is 11.5 Å². The van der Waals surface area contributed by atoms with E-state index >= 15 is 0 Å². The zero-order valence-corrected chi connectivity index (χ0v) is 11.5. The average Bonchev–Trinajstić information content (AvgIpc) is 2.41. The van der Waals surface area contributed by atoms with Crippen molar-refractivity contribution in [2.24, 2.45) is 0 Å². The molecule has 0 saturated carbocycles. The molecule has 0 bridgehead atoms. The molecular formula is C16H17F2NO. The van der Waals surface area contributed by atoms with E-state index in [1.165, 1.54) is 12.1 Å². The lowest BCUT2D eigenvalue weighted by Crippen LogP contribution is -2.12. The van der Waals surface area contributed by atoms with Gasteiger partial charge in [0.15, 0.2) is 11.6 Å². The number of ether oxygens (including phenoxy) is 1. The Morgan fingerprint density at radius 1 is 1.05 bits per heavy atom. The van der Waals surface area contributed by atoms with E-state index in [4.69, 9.17) is 4.74 Å². The predicted molar refractivity (Wildman–Crippen MR) is 75.0 cm³/mol. The number of rotatable bonds is 5. The van der Waals surface area contributed by atoms with Gasteiger partial charge in [0.2, 0.25) is 0 Å². The van der Waals surface area contributed by atoms with Crippen LogP contribution in [0.2, 0.25) is 0 Å². The van der Waals surface area contributed by atoms with Crippen LogP contribution in [0.15, 0.2) is 36.4 Å². The zero-order chi connectivity index (χ0) is 14.5. The highest BCUT2D eigenvalue weighted by Gasteiger charge is 2.09. The van der Waals surface area contributed by atoms with E-state index in [0.29, 0.717) is 12.3 Å². The van der Waals surface area contributed by atoms with Gasteiger partial charge in [-0.3, -0.25) is 0 Å². The lowest BCUT2D eigenvalue weighted by Gasteiger charge is -2.13. The van der Waals surface area contributed by atoms with Crippen molar-refractivity contribution >= 4 is 0 Å². The minimum Gasteiger partial charge on any atom is -0.454 e. The highest BCUT2D eigenvalue weighted by molar-refractivity contribution is 5.40. The Hall–Kier alpha value is -1.94. The third-order valence-electron chi connectivity index (χ3n) is 2.90. The second kappa shape index (κ2) is 6.48. The summed E-state index contributed by atoms with van der Waals surface area (Å²) in [6.07, 6.45) is 0. The van der Waals surface area contributed by atoms with Crippen LogP contribution in [0, 0.1) is 18.6 Å². The second-order valence-corrected chi connectivity index (χ2v) is 4.57. The molecule has 0 saturated heterocycles. The molecule has 0 aliphatic rings. The molecule has 1 N–H and O–H groups in total. The molecule has 0 atom stereocenters. The van der Waals surface area contributed by atoms with Crippen LogP contribution in [0.25, 0.3) is 0 Å². The second-order valence-electron chi connectivity index (χ2n) is 4.57. The molecule has 0 fully saturated rings. The summed E-state index contributed by atoms with van der Waals surface area (Å²) in [5.74, 6) is -0.735. The lowest BCUT2D eigenvalue weighted by atomic mass is 10.1. The fraction of sp³-hybridized carbons (Fsp3) is 0.250. The first-order valence-corrected chi connectivity index (χ1v) is 6.53. The fourth-order valence-electron chi connectivity index (χ4n) is 1.88. The van der Waals surface area contributed by atoms with Crippen molar-refractivity contribution in [2.75, 3.05) is 6.54 Å². The number of hydrogen-bond donors (Lipinski definition) is 1. The molecule has 0 aliphatic heterocycles. The molecule has 20 heavy (non-hydrogen) atoms. The Bertz CT molecular complexity index is 599. The molecule has 106 valence electrons. The Morgan fingerprint density at radius 3 is 2.50 bits per heavy atom. The van der Waals surface area contributed by atoms with Gasteiger partial charge in [-0.25, -0.2) is 8.78 Å². The first-order valence-electron chi connectivity index (χ1n) is 6.53. The molecule has 2 rings (SSSR count). The molecule has 4 heteroatoms. The van der Waals surface area contributed by atoms with Crippen LogP contribution in [0.5, 0.6) is 11.5 Å². The van der Waals surface area contributed by atoms with Crippen molar-refractivity contribution in [1.82, 2.24) is 5.32 Å². The van der Waals surface area contributed by atoms with Crippen molar-refractivity contribution in [3.05, 3.63) is 59.2 Å². The topological polar surface area (TPSA) is 21.3 Å². The van der Waals surface area contributed by atoms with Crippen molar-refractivity contribution in [3.63, 3.8) is 0 Å². The standard InChI is InChI=1S/C16H17F2NO/c1-3-19-10-12-8-11(2)4-6-15(12)20-16-7-5-13(17)9-14(16)18/h4-9,19H,3,10H2,1-2H3. The number of hydrogen-bond acceptors (Lipinski definition) is 2. The van der Waals surface area contributed by atoms with E-state index in [1.54, 1.807) is 6.07 Å². The number of nitrogens with one attached hydrogen (secondary N) is 1. The van der Waals surface area contributed by atoms with Gasteiger partial charge in [-0.05, 0) is 31.7 Å². The van der Waals surface area contributed by atoms with E-state index in [1.807, 2.05) is 26.0 Å². The smallest absolute Gasteiger partial charge is 0.168 e. The van der Waals surface area contributed by atoms with E-state index in [0.717, 1.165) is 23.7 Å². The third kappa shape index (κ3) is 3.54. The molecule has 0 aliphatic carbocycles. The first-order chi connectivity index (χ1) is 9.60. The van der Waals surface area contributed by atoms with Crippen LogP contribution in [0.1, 0.15) is 18.1 Å². The molecule has 0 amide bonds.